The van der Waals surface area contributed by atoms with Crippen molar-refractivity contribution in [3.8, 4) is 0 Å². The first kappa shape index (κ1) is 17.9. The van der Waals surface area contributed by atoms with Crippen LogP contribution in [0, 0.1) is 6.17 Å². The molecule has 0 aromatic rings. The second-order valence-corrected chi connectivity index (χ2v) is 4.02. The van der Waals surface area contributed by atoms with Crippen molar-refractivity contribution >= 4 is 17.6 Å². The summed E-state index contributed by atoms with van der Waals surface area (Å²) in [5.41, 5.74) is 2.60. The molecule has 0 saturated carbocycles. The fourth-order valence-corrected chi connectivity index (χ4v) is 1.58. The van der Waals surface area contributed by atoms with E-state index in [0.29, 0.717) is 6.17 Å². The molecule has 0 amide bonds. The van der Waals surface area contributed by atoms with E-state index in [2.05, 4.69) is 40.4 Å². The standard InChI is InChI=1S/C7H10N2.C6H12N2.Y/c1-3-6-5-7(9-6)8-4-2;1-3-5-4-6(7-2)8-5;/h3,5H2,1-2H3;6-7H,3-4H2,1-2H3;/q-2;;. The van der Waals surface area contributed by atoms with Gasteiger partial charge in [0.15, 0.2) is 0 Å². The Bertz CT molecular complexity index is 323. The van der Waals surface area contributed by atoms with E-state index in [1.807, 2.05) is 7.05 Å². The van der Waals surface area contributed by atoms with Crippen LogP contribution >= 0.6 is 0 Å². The molecule has 1 N–H and O–H groups in total. The summed E-state index contributed by atoms with van der Waals surface area (Å²) >= 11 is 0. The average Bonchev–Trinajstić information content (AvgIpc) is 2.23. The Balaban J connectivity index is 0.000000306. The first-order valence-corrected chi connectivity index (χ1v) is 6.26. The summed E-state index contributed by atoms with van der Waals surface area (Å²) in [6.45, 7) is 6.03. The van der Waals surface area contributed by atoms with Crippen LogP contribution in [0.25, 0.3) is 0 Å². The summed E-state index contributed by atoms with van der Waals surface area (Å²) in [4.78, 5) is 12.3. The maximum Gasteiger partial charge on any atom is 0.104 e. The number of hydrogen-bond donors (Lipinski definition) is 1. The van der Waals surface area contributed by atoms with Gasteiger partial charge in [-0.25, -0.2) is 0 Å². The third kappa shape index (κ3) is 5.72. The van der Waals surface area contributed by atoms with Crippen LogP contribution in [0.15, 0.2) is 15.0 Å². The predicted octanol–water partition coefficient (Wildman–Crippen LogP) is 2.48. The van der Waals surface area contributed by atoms with Gasteiger partial charge in [-0.15, -0.1) is 0 Å². The largest absolute Gasteiger partial charge is 0.637 e. The number of nitrogens with one attached hydrogen (secondary N) is 1. The zero-order chi connectivity index (χ0) is 12.7. The first-order chi connectivity index (χ1) is 8.23. The van der Waals surface area contributed by atoms with E-state index < -0.39 is 0 Å². The van der Waals surface area contributed by atoms with E-state index in [1.165, 1.54) is 11.4 Å². The van der Waals surface area contributed by atoms with Gasteiger partial charge in [0, 0.05) is 44.8 Å². The summed E-state index contributed by atoms with van der Waals surface area (Å²) in [7, 11) is 1.95. The Hall–Kier alpha value is -0.0561. The van der Waals surface area contributed by atoms with Crippen LogP contribution in [0.2, 0.25) is 0 Å². The van der Waals surface area contributed by atoms with Crippen molar-refractivity contribution in [2.45, 2.75) is 52.6 Å². The minimum Gasteiger partial charge on any atom is -0.637 e. The molecule has 1 unspecified atom stereocenters. The Labute approximate surface area is 136 Å². The fourth-order valence-electron chi connectivity index (χ4n) is 1.58. The van der Waals surface area contributed by atoms with E-state index in [0.717, 1.165) is 31.8 Å². The molecule has 2 aliphatic rings. The van der Waals surface area contributed by atoms with Crippen LogP contribution < -0.4 is 5.32 Å². The Morgan fingerprint density at radius 3 is 2.33 bits per heavy atom. The summed E-state index contributed by atoms with van der Waals surface area (Å²) < 4.78 is 0. The molecule has 2 aliphatic heterocycles. The van der Waals surface area contributed by atoms with Gasteiger partial charge in [-0.05, 0) is 25.6 Å². The van der Waals surface area contributed by atoms with Crippen molar-refractivity contribution in [2.75, 3.05) is 7.05 Å². The summed E-state index contributed by atoms with van der Waals surface area (Å²) in [6.07, 6.45) is 8.37. The van der Waals surface area contributed by atoms with Gasteiger partial charge >= 0.3 is 0 Å². The Morgan fingerprint density at radius 1 is 1.39 bits per heavy atom. The average molecular weight is 323 g/mol. The van der Waals surface area contributed by atoms with E-state index >= 15 is 0 Å². The molecule has 0 fully saturated rings. The van der Waals surface area contributed by atoms with Gasteiger partial charge in [0.25, 0.3) is 0 Å². The van der Waals surface area contributed by atoms with Crippen LogP contribution in [0.5, 0.6) is 0 Å². The molecular formula is C13H22N4Y-2. The molecular weight excluding hydrogens is 301 g/mol. The Kier molecular flexibility index (Phi) is 9.79. The molecule has 99 valence electrons. The second kappa shape index (κ2) is 9.82. The summed E-state index contributed by atoms with van der Waals surface area (Å²) in [5, 5.41) is 3.08. The van der Waals surface area contributed by atoms with Crippen molar-refractivity contribution in [3.63, 3.8) is 0 Å². The minimum absolute atomic E-state index is 0. The van der Waals surface area contributed by atoms with Crippen LogP contribution in [0.1, 0.15) is 46.5 Å². The number of nitrogens with zero attached hydrogens (tertiary/aromatic N) is 3. The molecule has 4 nitrogen and oxygen atoms in total. The third-order valence-corrected chi connectivity index (χ3v) is 2.81. The molecule has 0 aromatic heterocycles. The second-order valence-electron chi connectivity index (χ2n) is 4.02. The van der Waals surface area contributed by atoms with Gasteiger partial charge in [-0.1, -0.05) is 20.3 Å². The molecule has 0 spiro atoms. The van der Waals surface area contributed by atoms with Gasteiger partial charge < -0.3 is 16.2 Å². The third-order valence-electron chi connectivity index (χ3n) is 2.81. The van der Waals surface area contributed by atoms with Crippen LogP contribution in [0.4, 0.5) is 0 Å². The SMILES string of the molecule is CCC1=NC(NC)C1.C[C-]=N[C-]1CC(CC)=N1.[Y]. The van der Waals surface area contributed by atoms with Crippen molar-refractivity contribution < 1.29 is 32.7 Å². The Morgan fingerprint density at radius 2 is 1.94 bits per heavy atom. The fraction of sp³-hybridized carbons (Fsp3) is 0.692. The maximum absolute atomic E-state index is 4.26. The molecule has 0 bridgehead atoms. The van der Waals surface area contributed by atoms with Gasteiger partial charge in [-0.2, -0.15) is 13.1 Å². The first-order valence-electron chi connectivity index (χ1n) is 6.26. The quantitative estimate of drug-likeness (QED) is 0.627. The van der Waals surface area contributed by atoms with Crippen LogP contribution in [-0.4, -0.2) is 30.9 Å². The summed E-state index contributed by atoms with van der Waals surface area (Å²) in [5.74, 6) is 0. The molecule has 1 atom stereocenters. The monoisotopic (exact) mass is 323 g/mol. The molecule has 0 aliphatic carbocycles. The molecule has 5 heteroatoms. The zero-order valence-corrected chi connectivity index (χ0v) is 14.7. The van der Waals surface area contributed by atoms with Crippen molar-refractivity contribution in [2.24, 2.45) is 15.0 Å². The summed E-state index contributed by atoms with van der Waals surface area (Å²) in [6, 6.07) is 0. The normalized spacial score (nSPS) is 20.9. The molecule has 0 aromatic carbocycles. The van der Waals surface area contributed by atoms with E-state index in [4.69, 9.17) is 0 Å². The predicted molar refractivity (Wildman–Crippen MR) is 73.9 cm³/mol. The number of rotatable bonds is 4. The van der Waals surface area contributed by atoms with Crippen LogP contribution in [0.3, 0.4) is 0 Å². The molecule has 2 heterocycles. The van der Waals surface area contributed by atoms with Crippen molar-refractivity contribution in [1.82, 2.24) is 5.32 Å². The number of hydrogen-bond acceptors (Lipinski definition) is 4. The minimum atomic E-state index is 0. The molecule has 0 saturated heterocycles. The van der Waals surface area contributed by atoms with E-state index in [1.54, 1.807) is 6.92 Å². The molecule has 18 heavy (non-hydrogen) atoms. The molecule has 1 radical (unpaired) electrons. The maximum atomic E-state index is 4.26. The van der Waals surface area contributed by atoms with Gasteiger partial charge in [-0.3, -0.25) is 10.3 Å². The zero-order valence-electron chi connectivity index (χ0n) is 11.8. The van der Waals surface area contributed by atoms with Gasteiger partial charge in [0.2, 0.25) is 0 Å². The molecule has 2 rings (SSSR count). The van der Waals surface area contributed by atoms with E-state index in [9.17, 15) is 0 Å². The number of aliphatic imine (C=N–C) groups is 3. The topological polar surface area (TPSA) is 49.1 Å². The van der Waals surface area contributed by atoms with Crippen molar-refractivity contribution in [1.29, 1.82) is 0 Å². The van der Waals surface area contributed by atoms with Gasteiger partial charge in [0.1, 0.15) is 6.17 Å². The van der Waals surface area contributed by atoms with Crippen LogP contribution in [-0.2, 0) is 32.7 Å². The smallest absolute Gasteiger partial charge is 0.104 e. The van der Waals surface area contributed by atoms with E-state index in [-0.39, 0.29) is 32.7 Å². The van der Waals surface area contributed by atoms with Crippen molar-refractivity contribution in [3.05, 3.63) is 6.17 Å². The van der Waals surface area contributed by atoms with Gasteiger partial charge in [0.05, 0.1) is 0 Å².